The van der Waals surface area contributed by atoms with E-state index in [1.807, 2.05) is 0 Å². The number of amides is 1. The first-order valence-corrected chi connectivity index (χ1v) is 10.5. The Morgan fingerprint density at radius 1 is 1.12 bits per heavy atom. The molecule has 0 aliphatic heterocycles. The number of carbonyl (C=O) groups excluding carboxylic acids is 1. The molecule has 1 aliphatic rings. The standard InChI is InChI=1S/C16H23Cl2N3O3S/c1-10(2)25(23,24)21-12-5-3-11(4-6-12)16(22)20-19-13-7-8-14(17)15(18)9-13/h7-12,19,21H,3-6H2,1-2H3,(H,20,22)/t11-,12-. The van der Waals surface area contributed by atoms with E-state index in [1.165, 1.54) is 0 Å². The van der Waals surface area contributed by atoms with Crippen molar-refractivity contribution in [2.24, 2.45) is 5.92 Å². The van der Waals surface area contributed by atoms with Crippen LogP contribution in [0.2, 0.25) is 10.0 Å². The SMILES string of the molecule is CC(C)S(=O)(=O)N[C@H]1CC[C@H](C(=O)NNc2ccc(Cl)c(Cl)c2)CC1. The number of sulfonamides is 1. The Hall–Kier alpha value is -1.02. The third-order valence-corrected chi connectivity index (χ3v) is 6.94. The van der Waals surface area contributed by atoms with Crippen molar-refractivity contribution in [3.8, 4) is 0 Å². The number of hydrogen-bond acceptors (Lipinski definition) is 4. The Morgan fingerprint density at radius 3 is 2.32 bits per heavy atom. The number of nitrogens with one attached hydrogen (secondary N) is 3. The average molecular weight is 408 g/mol. The van der Waals surface area contributed by atoms with Crippen LogP contribution in [0.15, 0.2) is 18.2 Å². The Balaban J connectivity index is 1.80. The molecule has 0 radical (unpaired) electrons. The monoisotopic (exact) mass is 407 g/mol. The summed E-state index contributed by atoms with van der Waals surface area (Å²) in [4.78, 5) is 12.3. The maximum Gasteiger partial charge on any atom is 0.241 e. The van der Waals surface area contributed by atoms with Gasteiger partial charge >= 0.3 is 0 Å². The molecule has 0 unspecified atom stereocenters. The predicted octanol–water partition coefficient (Wildman–Crippen LogP) is 3.32. The Morgan fingerprint density at radius 2 is 1.76 bits per heavy atom. The topological polar surface area (TPSA) is 87.3 Å². The zero-order chi connectivity index (χ0) is 18.6. The van der Waals surface area contributed by atoms with E-state index in [0.29, 0.717) is 41.4 Å². The lowest BCUT2D eigenvalue weighted by molar-refractivity contribution is -0.125. The largest absolute Gasteiger partial charge is 0.299 e. The fraction of sp³-hybridized carbons (Fsp3) is 0.562. The van der Waals surface area contributed by atoms with Gasteiger partial charge in [-0.05, 0) is 57.7 Å². The van der Waals surface area contributed by atoms with Crippen LogP contribution in [0.4, 0.5) is 5.69 Å². The summed E-state index contributed by atoms with van der Waals surface area (Å²) < 4.78 is 26.5. The fourth-order valence-corrected chi connectivity index (χ4v) is 3.92. The molecular formula is C16H23Cl2N3O3S. The van der Waals surface area contributed by atoms with Crippen molar-refractivity contribution in [3.63, 3.8) is 0 Å². The van der Waals surface area contributed by atoms with Crippen LogP contribution in [0.3, 0.4) is 0 Å². The minimum atomic E-state index is -3.28. The van der Waals surface area contributed by atoms with Crippen LogP contribution >= 0.6 is 23.2 Å². The second-order valence-corrected chi connectivity index (χ2v) is 9.59. The van der Waals surface area contributed by atoms with Gasteiger partial charge in [0.2, 0.25) is 15.9 Å². The highest BCUT2D eigenvalue weighted by Crippen LogP contribution is 2.26. The van der Waals surface area contributed by atoms with Crippen molar-refractivity contribution in [1.82, 2.24) is 10.1 Å². The molecular weight excluding hydrogens is 385 g/mol. The first kappa shape index (κ1) is 20.3. The van der Waals surface area contributed by atoms with Crippen LogP contribution < -0.4 is 15.6 Å². The van der Waals surface area contributed by atoms with E-state index in [9.17, 15) is 13.2 Å². The summed E-state index contributed by atoms with van der Waals surface area (Å²) in [5.74, 6) is -0.258. The molecule has 1 aliphatic carbocycles. The molecule has 3 N–H and O–H groups in total. The van der Waals surface area contributed by atoms with E-state index in [1.54, 1.807) is 32.0 Å². The summed E-state index contributed by atoms with van der Waals surface area (Å²) >= 11 is 11.8. The van der Waals surface area contributed by atoms with Crippen molar-refractivity contribution in [1.29, 1.82) is 0 Å². The lowest BCUT2D eigenvalue weighted by Crippen LogP contribution is -2.43. The van der Waals surface area contributed by atoms with E-state index in [-0.39, 0.29) is 17.9 Å². The van der Waals surface area contributed by atoms with Crippen molar-refractivity contribution in [2.75, 3.05) is 5.43 Å². The van der Waals surface area contributed by atoms with Crippen molar-refractivity contribution in [3.05, 3.63) is 28.2 Å². The first-order valence-electron chi connectivity index (χ1n) is 8.21. The summed E-state index contributed by atoms with van der Waals surface area (Å²) in [5, 5.41) is 0.392. The molecule has 1 amide bonds. The summed E-state index contributed by atoms with van der Waals surface area (Å²) in [5.41, 5.74) is 6.13. The van der Waals surface area contributed by atoms with E-state index in [4.69, 9.17) is 23.2 Å². The van der Waals surface area contributed by atoms with E-state index in [0.717, 1.165) is 0 Å². The maximum atomic E-state index is 12.3. The number of rotatable bonds is 6. The van der Waals surface area contributed by atoms with Gasteiger partial charge in [-0.1, -0.05) is 23.2 Å². The van der Waals surface area contributed by atoms with Crippen molar-refractivity contribution >= 4 is 44.8 Å². The highest BCUT2D eigenvalue weighted by Gasteiger charge is 2.29. The van der Waals surface area contributed by atoms with Gasteiger partial charge in [-0.2, -0.15) is 0 Å². The Bertz CT molecular complexity index is 717. The molecule has 0 saturated heterocycles. The lowest BCUT2D eigenvalue weighted by Gasteiger charge is -2.28. The number of carbonyl (C=O) groups is 1. The van der Waals surface area contributed by atoms with Crippen LogP contribution in [0.25, 0.3) is 0 Å². The van der Waals surface area contributed by atoms with Gasteiger partial charge in [0.25, 0.3) is 0 Å². The molecule has 0 atom stereocenters. The van der Waals surface area contributed by atoms with Crippen molar-refractivity contribution in [2.45, 2.75) is 50.8 Å². The molecule has 0 heterocycles. The van der Waals surface area contributed by atoms with E-state index < -0.39 is 15.3 Å². The second-order valence-electron chi connectivity index (χ2n) is 6.50. The quantitative estimate of drug-likeness (QED) is 0.631. The second kappa shape index (κ2) is 8.58. The number of halogens is 2. The smallest absolute Gasteiger partial charge is 0.241 e. The number of hydrazine groups is 1. The normalized spacial score (nSPS) is 21.2. The summed E-state index contributed by atoms with van der Waals surface area (Å²) in [7, 11) is -3.28. The van der Waals surface area contributed by atoms with Gasteiger partial charge in [-0.25, -0.2) is 13.1 Å². The number of benzene rings is 1. The molecule has 140 valence electrons. The van der Waals surface area contributed by atoms with E-state index in [2.05, 4.69) is 15.6 Å². The van der Waals surface area contributed by atoms with Crippen LogP contribution in [0.1, 0.15) is 39.5 Å². The van der Waals surface area contributed by atoms with Gasteiger partial charge in [0, 0.05) is 12.0 Å². The van der Waals surface area contributed by atoms with Gasteiger partial charge in [-0.3, -0.25) is 15.6 Å². The highest BCUT2D eigenvalue weighted by atomic mass is 35.5. The van der Waals surface area contributed by atoms with Crippen molar-refractivity contribution < 1.29 is 13.2 Å². The van der Waals surface area contributed by atoms with Gasteiger partial charge < -0.3 is 0 Å². The lowest BCUT2D eigenvalue weighted by atomic mass is 9.86. The summed E-state index contributed by atoms with van der Waals surface area (Å²) in [6, 6.07) is 4.89. The molecule has 2 rings (SSSR count). The van der Waals surface area contributed by atoms with Gasteiger partial charge in [0.1, 0.15) is 0 Å². The third kappa shape index (κ3) is 5.74. The molecule has 6 nitrogen and oxygen atoms in total. The molecule has 1 aromatic rings. The van der Waals surface area contributed by atoms with Crippen LogP contribution in [-0.4, -0.2) is 25.6 Å². The van der Waals surface area contributed by atoms with E-state index >= 15 is 0 Å². The number of hydrogen-bond donors (Lipinski definition) is 3. The Labute approximate surface area is 158 Å². The van der Waals surface area contributed by atoms with Gasteiger partial charge in [0.05, 0.1) is 21.0 Å². The zero-order valence-corrected chi connectivity index (χ0v) is 16.5. The highest BCUT2D eigenvalue weighted by molar-refractivity contribution is 7.90. The molecule has 1 fully saturated rings. The van der Waals surface area contributed by atoms with Gasteiger partial charge in [-0.15, -0.1) is 0 Å². The minimum Gasteiger partial charge on any atom is -0.299 e. The Kier molecular flexibility index (Phi) is 6.96. The van der Waals surface area contributed by atoms with Crippen LogP contribution in [0, 0.1) is 5.92 Å². The first-order chi connectivity index (χ1) is 11.7. The molecule has 0 aromatic heterocycles. The molecule has 1 aromatic carbocycles. The maximum absolute atomic E-state index is 12.3. The summed E-state index contributed by atoms with van der Waals surface area (Å²) in [6.45, 7) is 3.30. The number of anilines is 1. The fourth-order valence-electron chi connectivity index (χ4n) is 2.65. The molecule has 25 heavy (non-hydrogen) atoms. The molecule has 0 bridgehead atoms. The average Bonchev–Trinajstić information content (AvgIpc) is 2.56. The third-order valence-electron chi connectivity index (χ3n) is 4.30. The van der Waals surface area contributed by atoms with Crippen LogP contribution in [0.5, 0.6) is 0 Å². The minimum absolute atomic E-state index is 0.0977. The predicted molar refractivity (Wildman–Crippen MR) is 101 cm³/mol. The molecule has 9 heteroatoms. The van der Waals surface area contributed by atoms with Gasteiger partial charge in [0.15, 0.2) is 0 Å². The van der Waals surface area contributed by atoms with Crippen LogP contribution in [-0.2, 0) is 14.8 Å². The summed E-state index contributed by atoms with van der Waals surface area (Å²) in [6.07, 6.45) is 2.58. The molecule has 1 saturated carbocycles. The molecule has 0 spiro atoms. The zero-order valence-electron chi connectivity index (χ0n) is 14.2.